The Morgan fingerprint density at radius 2 is 1.27 bits per heavy atom. The van der Waals surface area contributed by atoms with Crippen LogP contribution in [0.1, 0.15) is 116 Å². The van der Waals surface area contributed by atoms with E-state index in [1.54, 1.807) is 72.0 Å². The number of halogens is 3. The highest BCUT2D eigenvalue weighted by molar-refractivity contribution is 6.00. The summed E-state index contributed by atoms with van der Waals surface area (Å²) in [4.78, 5) is 181. The molecule has 0 radical (unpaired) electrons. The molecule has 11 amide bonds. The molecule has 33 nitrogen and oxygen atoms in total. The SMILES string of the molecule is CCNC(=O)[C@@H]1CCCN1C(=O)[C@@H]1CCCN1C(=O)[C@H](CCCN=C(N)N)NC(=O)[C@H](CC(C)C)NC(=O)[C@@H](COC(C)(C)C)NC(=O)[C@H](Cc1ccc(O)cc1)NC(=O)[C@H](CO)NC(=O)[C@H](Cc1c[nH]c2ccccc12)NC(=O)[C@H](Cc1cnc[nH]1)NC(=O)[C@@H]1CCC(=O)N1.O=C(O)C(F)(F)F. The van der Waals surface area contributed by atoms with E-state index in [9.17, 15) is 76.1 Å². The number of ether oxygens (including phenoxy) is 1. The Kier molecular flexibility index (Phi) is 30.1. The van der Waals surface area contributed by atoms with Crippen LogP contribution in [0.25, 0.3) is 10.9 Å². The van der Waals surface area contributed by atoms with E-state index in [4.69, 9.17) is 26.1 Å². The van der Waals surface area contributed by atoms with Crippen molar-refractivity contribution in [1.82, 2.24) is 72.6 Å². The number of carboxylic acid groups (broad SMARTS) is 1. The second-order valence-electron chi connectivity index (χ2n) is 26.6. The van der Waals surface area contributed by atoms with Crippen LogP contribution in [-0.2, 0) is 81.5 Å². The zero-order valence-corrected chi connectivity index (χ0v) is 58.2. The number of aliphatic imine (C=N–C) groups is 1. The first-order chi connectivity index (χ1) is 48.7. The molecule has 18 N–H and O–H groups in total. The number of phenolic OH excluding ortho intramolecular Hbond substituents is 1. The largest absolute Gasteiger partial charge is 0.508 e. The van der Waals surface area contributed by atoms with Gasteiger partial charge in [0.15, 0.2) is 5.96 Å². The van der Waals surface area contributed by atoms with Crippen molar-refractivity contribution in [3.05, 3.63) is 84.1 Å². The van der Waals surface area contributed by atoms with Gasteiger partial charge in [0.25, 0.3) is 0 Å². The fourth-order valence-electron chi connectivity index (χ4n) is 11.8. The molecule has 4 aromatic rings. The number of rotatable bonds is 33. The van der Waals surface area contributed by atoms with Crippen LogP contribution in [-0.4, -0.2) is 229 Å². The third-order valence-electron chi connectivity index (χ3n) is 16.9. The van der Waals surface area contributed by atoms with Crippen LogP contribution in [0.4, 0.5) is 13.2 Å². The quantitative estimate of drug-likeness (QED) is 0.0154. The Bertz CT molecular complexity index is 3640. The Labute approximate surface area is 591 Å². The molecule has 3 aliphatic heterocycles. The minimum atomic E-state index is -5.08. The molecule has 10 atom stereocenters. The number of carbonyl (C=O) groups is 12. The molecule has 0 aliphatic carbocycles. The number of hydrogen-bond acceptors (Lipinski definition) is 17. The predicted molar refractivity (Wildman–Crippen MR) is 365 cm³/mol. The van der Waals surface area contributed by atoms with Crippen molar-refractivity contribution in [1.29, 1.82) is 0 Å². The van der Waals surface area contributed by atoms with Gasteiger partial charge >= 0.3 is 12.1 Å². The highest BCUT2D eigenvalue weighted by Crippen LogP contribution is 2.27. The Morgan fingerprint density at radius 1 is 0.709 bits per heavy atom. The van der Waals surface area contributed by atoms with Gasteiger partial charge in [-0.1, -0.05) is 44.2 Å². The van der Waals surface area contributed by atoms with Crippen LogP contribution >= 0.6 is 0 Å². The molecule has 2 aromatic heterocycles. The number of aliphatic hydroxyl groups excluding tert-OH is 1. The van der Waals surface area contributed by atoms with E-state index < -0.39 is 139 Å². The minimum Gasteiger partial charge on any atom is -0.508 e. The summed E-state index contributed by atoms with van der Waals surface area (Å²) in [5.41, 5.74) is 12.4. The second-order valence-corrected chi connectivity index (χ2v) is 26.6. The number of imidazole rings is 1. The number of phenols is 1. The Morgan fingerprint density at radius 3 is 1.85 bits per heavy atom. The second kappa shape index (κ2) is 38.0. The highest BCUT2D eigenvalue weighted by atomic mass is 19.4. The highest BCUT2D eigenvalue weighted by Gasteiger charge is 2.45. The first kappa shape index (κ1) is 81.6. The van der Waals surface area contributed by atoms with E-state index in [0.717, 1.165) is 0 Å². The number of H-pyrrole nitrogens is 2. The van der Waals surface area contributed by atoms with E-state index in [2.05, 4.69) is 67.8 Å². The fourth-order valence-corrected chi connectivity index (χ4v) is 11.8. The maximum atomic E-state index is 14.9. The number of likely N-dealkylation sites (N-methyl/N-ethyl adjacent to an activating group) is 1. The molecule has 3 saturated heterocycles. The molecule has 5 heterocycles. The van der Waals surface area contributed by atoms with Crippen molar-refractivity contribution in [2.24, 2.45) is 22.4 Å². The van der Waals surface area contributed by atoms with E-state index in [1.807, 2.05) is 0 Å². The molecule has 3 fully saturated rings. The first-order valence-electron chi connectivity index (χ1n) is 33.9. The number of aliphatic hydroxyl groups is 1. The van der Waals surface area contributed by atoms with Crippen LogP contribution in [0.2, 0.25) is 0 Å². The third-order valence-corrected chi connectivity index (χ3v) is 16.9. The smallest absolute Gasteiger partial charge is 0.490 e. The summed E-state index contributed by atoms with van der Waals surface area (Å²) in [6.07, 6.45) is 1.20. The number of aromatic hydroxyl groups is 1. The van der Waals surface area contributed by atoms with Crippen molar-refractivity contribution >= 4 is 87.8 Å². The standard InChI is InChI=1S/C65H93N17O14.C2HF3O2/c1-7-69-61(93)51-16-11-25-81(51)63(95)52-17-12-26-82(52)62(94)44(15-10-24-70-64(66)67)74-55(87)45(27-36(2)3)75-60(92)50(34-96-65(4,5)6)80-56(88)46(28-37-18-20-40(84)21-19-37)76-59(91)49(33-83)79-57(89)47(29-38-31-71-42-14-9-8-13-41(38)42)77-58(90)48(30-39-32-68-35-72-39)78-54(86)43-22-23-53(85)73-43;3-2(4,5)1(6)7/h8-9,13-14,18-21,31-32,35-36,43-52,71,83-84H,7,10-12,15-17,22-30,33-34H2,1-6H3,(H,68,72)(H,69,93)(H,73,85)(H,74,87)(H,75,92)(H,76,91)(H,77,90)(H,78,86)(H,79,89)(H,80,88)(H4,66,67,70);(H,6,7)/t43-,44-,45-,46-,47-,48-,49-,50+,51-,52-;/m0./s1. The molecule has 0 saturated carbocycles. The van der Waals surface area contributed by atoms with Crippen molar-refractivity contribution in [3.8, 4) is 5.75 Å². The number of nitrogens with two attached hydrogens (primary N) is 2. The number of alkyl halides is 3. The van der Waals surface area contributed by atoms with Crippen LogP contribution in [0.3, 0.4) is 0 Å². The number of aromatic amines is 2. The Balaban J connectivity index is 0.00000226. The predicted octanol–water partition coefficient (Wildman–Crippen LogP) is -1.04. The number of amides is 11. The van der Waals surface area contributed by atoms with Crippen molar-refractivity contribution < 1.29 is 90.8 Å². The molecule has 103 heavy (non-hydrogen) atoms. The van der Waals surface area contributed by atoms with Gasteiger partial charge in [-0.2, -0.15) is 13.2 Å². The summed E-state index contributed by atoms with van der Waals surface area (Å²) in [5.74, 6) is -11.0. The number of benzene rings is 2. The van der Waals surface area contributed by atoms with E-state index in [-0.39, 0.29) is 99.8 Å². The molecular formula is C67H94F3N17O16. The van der Waals surface area contributed by atoms with Gasteiger partial charge < -0.3 is 99.1 Å². The monoisotopic (exact) mass is 1450 g/mol. The summed E-state index contributed by atoms with van der Waals surface area (Å²) in [6.45, 7) is 9.99. The number of guanidine groups is 1. The lowest BCUT2D eigenvalue weighted by Gasteiger charge is -2.33. The van der Waals surface area contributed by atoms with Crippen LogP contribution < -0.4 is 59.3 Å². The summed E-state index contributed by atoms with van der Waals surface area (Å²) in [7, 11) is 0. The molecule has 2 aromatic carbocycles. The third kappa shape index (κ3) is 25.0. The molecular weight excluding hydrogens is 1360 g/mol. The molecule has 0 spiro atoms. The van der Waals surface area contributed by atoms with Gasteiger partial charge in [0.1, 0.15) is 66.2 Å². The van der Waals surface area contributed by atoms with E-state index in [1.165, 1.54) is 46.6 Å². The fraction of sp³-hybridized carbons (Fsp3) is 0.552. The van der Waals surface area contributed by atoms with Gasteiger partial charge in [-0.05, 0) is 114 Å². The number of carbonyl (C=O) groups excluding carboxylic acids is 11. The molecule has 7 rings (SSSR count). The van der Waals surface area contributed by atoms with E-state index >= 15 is 0 Å². The zero-order chi connectivity index (χ0) is 75.9. The normalized spacial score (nSPS) is 17.9. The van der Waals surface area contributed by atoms with Gasteiger partial charge in [-0.3, -0.25) is 57.7 Å². The summed E-state index contributed by atoms with van der Waals surface area (Å²) >= 11 is 0. The number of nitrogens with one attached hydrogen (secondary N) is 11. The maximum absolute atomic E-state index is 14.9. The lowest BCUT2D eigenvalue weighted by atomic mass is 10.0. The number of fused-ring (bicyclic) bond motifs is 1. The number of aromatic nitrogens is 3. The number of aliphatic carboxylic acids is 1. The van der Waals surface area contributed by atoms with Crippen LogP contribution in [0.5, 0.6) is 5.75 Å². The zero-order valence-electron chi connectivity index (χ0n) is 58.2. The number of carboxylic acids is 1. The van der Waals surface area contributed by atoms with Gasteiger partial charge in [-0.15, -0.1) is 0 Å². The van der Waals surface area contributed by atoms with Crippen LogP contribution in [0.15, 0.2) is 72.2 Å². The average molecular weight is 1450 g/mol. The average Bonchev–Trinajstić information content (AvgIpc) is 1.68. The summed E-state index contributed by atoms with van der Waals surface area (Å²) < 4.78 is 37.8. The summed E-state index contributed by atoms with van der Waals surface area (Å²) in [5, 5.41) is 53.0. The molecule has 0 unspecified atom stereocenters. The lowest BCUT2D eigenvalue weighted by molar-refractivity contribution is -0.192. The number of para-hydroxylation sites is 1. The number of hydrogen-bond donors (Lipinski definition) is 16. The first-order valence-corrected chi connectivity index (χ1v) is 33.9. The lowest BCUT2D eigenvalue weighted by Crippen LogP contribution is -2.62. The van der Waals surface area contributed by atoms with Crippen molar-refractivity contribution in [2.75, 3.05) is 39.4 Å². The van der Waals surface area contributed by atoms with Crippen LogP contribution in [0, 0.1) is 5.92 Å². The van der Waals surface area contributed by atoms with E-state index in [0.29, 0.717) is 66.5 Å². The maximum Gasteiger partial charge on any atom is 0.490 e. The number of likely N-dealkylation sites (tertiary alicyclic amines) is 2. The Hall–Kier alpha value is -10.4. The van der Waals surface area contributed by atoms with Crippen molar-refractivity contribution in [2.45, 2.75) is 191 Å². The molecule has 36 heteroatoms. The van der Waals surface area contributed by atoms with Gasteiger partial charge in [0.2, 0.25) is 65.0 Å². The molecule has 564 valence electrons. The van der Waals surface area contributed by atoms with Gasteiger partial charge in [0.05, 0.1) is 25.1 Å². The minimum absolute atomic E-state index is 0.0142. The van der Waals surface area contributed by atoms with Gasteiger partial charge in [0, 0.05) is 80.9 Å². The number of nitrogens with zero attached hydrogens (tertiary/aromatic N) is 4. The molecule has 3 aliphatic rings. The molecule has 0 bridgehead atoms. The summed E-state index contributed by atoms with van der Waals surface area (Å²) in [6, 6.07) is -0.0670. The van der Waals surface area contributed by atoms with Crippen molar-refractivity contribution in [3.63, 3.8) is 0 Å². The van der Waals surface area contributed by atoms with Gasteiger partial charge in [-0.25, -0.2) is 9.78 Å². The topological polar surface area (TPSA) is 498 Å².